The Morgan fingerprint density at radius 1 is 0.941 bits per heavy atom. The van der Waals surface area contributed by atoms with Crippen molar-refractivity contribution in [3.05, 3.63) is 54.1 Å². The van der Waals surface area contributed by atoms with E-state index >= 15 is 0 Å². The molecule has 0 fully saturated rings. The van der Waals surface area contributed by atoms with Crippen molar-refractivity contribution in [1.82, 2.24) is 14.5 Å². The molecule has 2 aromatic carbocycles. The number of sulfone groups is 1. The van der Waals surface area contributed by atoms with Gasteiger partial charge in [-0.05, 0) is 55.0 Å². The maximum absolute atomic E-state index is 12.8. The van der Waals surface area contributed by atoms with E-state index in [1.165, 1.54) is 52.8 Å². The number of anilines is 1. The molecule has 0 saturated heterocycles. The maximum atomic E-state index is 12.8. The first kappa shape index (κ1) is 25.5. The number of carbonyl (C=O) groups is 1. The predicted molar refractivity (Wildman–Crippen MR) is 127 cm³/mol. The van der Waals surface area contributed by atoms with Gasteiger partial charge in [-0.25, -0.2) is 16.8 Å². The van der Waals surface area contributed by atoms with Crippen LogP contribution in [0.5, 0.6) is 0 Å². The molecule has 3 rings (SSSR count). The van der Waals surface area contributed by atoms with Crippen LogP contribution in [0.15, 0.2) is 62.7 Å². The average molecular weight is 507 g/mol. The van der Waals surface area contributed by atoms with Crippen molar-refractivity contribution in [1.29, 1.82) is 0 Å². The van der Waals surface area contributed by atoms with E-state index in [2.05, 4.69) is 15.5 Å². The number of hydrogen-bond donors (Lipinski definition) is 1. The Hall–Kier alpha value is -3.09. The fourth-order valence-electron chi connectivity index (χ4n) is 3.11. The summed E-state index contributed by atoms with van der Waals surface area (Å²) in [5.41, 5.74) is 0.700. The number of unbranched alkanes of at least 4 members (excludes halogenated alkanes) is 1. The van der Waals surface area contributed by atoms with Gasteiger partial charge in [0.25, 0.3) is 5.91 Å². The number of nitrogens with zero attached hydrogens (tertiary/aromatic N) is 3. The largest absolute Gasteiger partial charge is 0.403 e. The number of benzene rings is 2. The molecule has 3 aromatic rings. The number of carbonyl (C=O) groups excluding carboxylic acids is 1. The first-order chi connectivity index (χ1) is 16.1. The average Bonchev–Trinajstić information content (AvgIpc) is 3.27. The fraction of sp³-hybridized carbons (Fsp3) is 0.318. The number of hydrogen-bond acceptors (Lipinski definition) is 8. The molecule has 10 nitrogen and oxygen atoms in total. The van der Waals surface area contributed by atoms with Gasteiger partial charge in [-0.3, -0.25) is 10.1 Å². The second kappa shape index (κ2) is 10.5. The molecular weight excluding hydrogens is 480 g/mol. The quantitative estimate of drug-likeness (QED) is 0.442. The molecule has 0 aliphatic carbocycles. The summed E-state index contributed by atoms with van der Waals surface area (Å²) in [7, 11) is -6.97. The highest BCUT2D eigenvalue weighted by atomic mass is 32.2. The van der Waals surface area contributed by atoms with Crippen molar-refractivity contribution in [2.45, 2.75) is 36.5 Å². The fourth-order valence-corrected chi connectivity index (χ4v) is 5.23. The number of rotatable bonds is 10. The van der Waals surface area contributed by atoms with E-state index in [4.69, 9.17) is 4.42 Å². The number of aromatic nitrogens is 2. The Kier molecular flexibility index (Phi) is 7.85. The van der Waals surface area contributed by atoms with E-state index in [0.717, 1.165) is 19.1 Å². The minimum absolute atomic E-state index is 0.100. The van der Waals surface area contributed by atoms with Gasteiger partial charge in [0, 0.05) is 30.5 Å². The minimum Gasteiger partial charge on any atom is -0.403 e. The second-order valence-corrected chi connectivity index (χ2v) is 11.5. The Labute approximate surface area is 199 Å². The monoisotopic (exact) mass is 506 g/mol. The summed E-state index contributed by atoms with van der Waals surface area (Å²) in [6.07, 6.45) is 2.76. The van der Waals surface area contributed by atoms with Gasteiger partial charge in [-0.2, -0.15) is 4.31 Å². The van der Waals surface area contributed by atoms with Gasteiger partial charge in [-0.1, -0.05) is 25.4 Å². The van der Waals surface area contributed by atoms with Crippen LogP contribution in [0.4, 0.5) is 6.01 Å². The molecule has 0 saturated carbocycles. The number of nitrogens with one attached hydrogen (secondary N) is 1. The van der Waals surface area contributed by atoms with Crippen LogP contribution in [0.25, 0.3) is 11.5 Å². The molecule has 0 radical (unpaired) electrons. The molecule has 0 spiro atoms. The second-order valence-electron chi connectivity index (χ2n) is 7.54. The summed E-state index contributed by atoms with van der Waals surface area (Å²) in [6.45, 7) is 4.58. The normalized spacial score (nSPS) is 12.1. The number of amides is 1. The Morgan fingerprint density at radius 2 is 1.56 bits per heavy atom. The van der Waals surface area contributed by atoms with E-state index in [1.807, 2.05) is 6.92 Å². The molecule has 12 heteroatoms. The van der Waals surface area contributed by atoms with Crippen molar-refractivity contribution in [3.63, 3.8) is 0 Å². The standard InChI is InChI=1S/C22H26N4O6S2/c1-4-6-15-26(5-2)34(30,31)19-13-7-16(8-14-19)20(27)23-22-25-24-21(32-22)17-9-11-18(12-10-17)33(3,28)29/h7-14H,4-6,15H2,1-3H3,(H,23,25,27). The van der Waals surface area contributed by atoms with Crippen LogP contribution < -0.4 is 5.32 Å². The summed E-state index contributed by atoms with van der Waals surface area (Å²) < 4.78 is 55.6. The summed E-state index contributed by atoms with van der Waals surface area (Å²) in [6, 6.07) is 11.3. The first-order valence-electron chi connectivity index (χ1n) is 10.6. The van der Waals surface area contributed by atoms with Crippen molar-refractivity contribution in [3.8, 4) is 11.5 Å². The van der Waals surface area contributed by atoms with Crippen molar-refractivity contribution in [2.24, 2.45) is 0 Å². The third kappa shape index (κ3) is 5.88. The van der Waals surface area contributed by atoms with Crippen LogP contribution in [-0.4, -0.2) is 56.6 Å². The first-order valence-corrected chi connectivity index (χ1v) is 13.9. The van der Waals surface area contributed by atoms with Crippen molar-refractivity contribution >= 4 is 31.8 Å². The Morgan fingerprint density at radius 3 is 2.12 bits per heavy atom. The van der Waals surface area contributed by atoms with Crippen molar-refractivity contribution in [2.75, 3.05) is 24.7 Å². The summed E-state index contributed by atoms with van der Waals surface area (Å²) in [4.78, 5) is 12.8. The minimum atomic E-state index is -3.64. The smallest absolute Gasteiger partial charge is 0.322 e. The lowest BCUT2D eigenvalue weighted by molar-refractivity contribution is 0.102. The zero-order valence-corrected chi connectivity index (χ0v) is 20.7. The Balaban J connectivity index is 1.70. The summed E-state index contributed by atoms with van der Waals surface area (Å²) in [5.74, 6) is -0.451. The highest BCUT2D eigenvalue weighted by Gasteiger charge is 2.23. The van der Waals surface area contributed by atoms with Gasteiger partial charge in [0.05, 0.1) is 9.79 Å². The lowest BCUT2D eigenvalue weighted by Crippen LogP contribution is -2.31. The third-order valence-corrected chi connectivity index (χ3v) is 8.16. The molecule has 1 heterocycles. The zero-order chi connectivity index (χ0) is 24.9. The predicted octanol–water partition coefficient (Wildman–Crippen LogP) is 3.20. The van der Waals surface area contributed by atoms with Crippen LogP contribution >= 0.6 is 0 Å². The highest BCUT2D eigenvalue weighted by Crippen LogP contribution is 2.22. The van der Waals surface area contributed by atoms with E-state index in [9.17, 15) is 21.6 Å². The van der Waals surface area contributed by atoms with E-state index in [1.54, 1.807) is 6.92 Å². The van der Waals surface area contributed by atoms with Gasteiger partial charge in [0.15, 0.2) is 9.84 Å². The molecule has 0 unspecified atom stereocenters. The third-order valence-electron chi connectivity index (χ3n) is 5.04. The topological polar surface area (TPSA) is 140 Å². The van der Waals surface area contributed by atoms with Crippen LogP contribution in [0.1, 0.15) is 37.0 Å². The van der Waals surface area contributed by atoms with Crippen LogP contribution in [0, 0.1) is 0 Å². The van der Waals surface area contributed by atoms with Crippen LogP contribution in [-0.2, 0) is 19.9 Å². The number of sulfonamides is 1. The molecule has 34 heavy (non-hydrogen) atoms. The van der Waals surface area contributed by atoms with Crippen LogP contribution in [0.2, 0.25) is 0 Å². The van der Waals surface area contributed by atoms with Gasteiger partial charge in [0.1, 0.15) is 0 Å². The lowest BCUT2D eigenvalue weighted by Gasteiger charge is -2.20. The van der Waals surface area contributed by atoms with Gasteiger partial charge in [0.2, 0.25) is 15.9 Å². The zero-order valence-electron chi connectivity index (χ0n) is 19.1. The molecule has 182 valence electrons. The molecule has 1 N–H and O–H groups in total. The van der Waals surface area contributed by atoms with E-state index in [0.29, 0.717) is 18.7 Å². The maximum Gasteiger partial charge on any atom is 0.322 e. The molecule has 0 atom stereocenters. The van der Waals surface area contributed by atoms with Crippen molar-refractivity contribution < 1.29 is 26.0 Å². The molecule has 1 aromatic heterocycles. The molecule has 0 aliphatic rings. The summed E-state index contributed by atoms with van der Waals surface area (Å²) in [5, 5.41) is 10.1. The highest BCUT2D eigenvalue weighted by molar-refractivity contribution is 7.90. The van der Waals surface area contributed by atoms with Gasteiger partial charge in [-0.15, -0.1) is 5.10 Å². The molecular formula is C22H26N4O6S2. The SMILES string of the molecule is CCCCN(CC)S(=O)(=O)c1ccc(C(=O)Nc2nnc(-c3ccc(S(C)(=O)=O)cc3)o2)cc1. The molecule has 1 amide bonds. The molecule has 0 bridgehead atoms. The molecule has 0 aliphatic heterocycles. The van der Waals surface area contributed by atoms with E-state index in [-0.39, 0.29) is 27.3 Å². The van der Waals surface area contributed by atoms with Crippen LogP contribution in [0.3, 0.4) is 0 Å². The van der Waals surface area contributed by atoms with E-state index < -0.39 is 25.8 Å². The lowest BCUT2D eigenvalue weighted by atomic mass is 10.2. The van der Waals surface area contributed by atoms with Gasteiger partial charge >= 0.3 is 6.01 Å². The Bertz CT molecular complexity index is 1350. The summed E-state index contributed by atoms with van der Waals surface area (Å²) >= 11 is 0. The van der Waals surface area contributed by atoms with Gasteiger partial charge < -0.3 is 4.42 Å².